The van der Waals surface area contributed by atoms with E-state index in [4.69, 9.17) is 12.2 Å². The van der Waals surface area contributed by atoms with Crippen LogP contribution in [0.25, 0.3) is 0 Å². The van der Waals surface area contributed by atoms with Gasteiger partial charge in [-0.05, 0) is 6.42 Å². The number of hydrogen-bond acceptors (Lipinski definition) is 5. The van der Waals surface area contributed by atoms with Gasteiger partial charge in [0.05, 0.1) is 12.1 Å². The Kier molecular flexibility index (Phi) is 5.01. The van der Waals surface area contributed by atoms with Crippen molar-refractivity contribution < 1.29 is 14.3 Å². The van der Waals surface area contributed by atoms with Crippen molar-refractivity contribution in [3.05, 3.63) is 0 Å². The molecule has 2 atom stereocenters. The number of carbonyl (C=O) groups is 2. The van der Waals surface area contributed by atoms with Crippen molar-refractivity contribution in [1.82, 2.24) is 10.6 Å². The van der Waals surface area contributed by atoms with Crippen LogP contribution in [0.4, 0.5) is 0 Å². The summed E-state index contributed by atoms with van der Waals surface area (Å²) < 4.78 is 4.54. The Morgan fingerprint density at radius 3 is 2.88 bits per heavy atom. The van der Waals surface area contributed by atoms with Crippen LogP contribution in [-0.4, -0.2) is 41.8 Å². The average Bonchev–Trinajstić information content (AvgIpc) is 2.71. The first-order valence-corrected chi connectivity index (χ1v) is 5.91. The highest BCUT2D eigenvalue weighted by Gasteiger charge is 2.28. The number of nitrogens with one attached hydrogen (secondary N) is 2. The molecule has 0 aromatic rings. The Balaban J connectivity index is 2.49. The largest absolute Gasteiger partial charge is 0.467 e. The summed E-state index contributed by atoms with van der Waals surface area (Å²) in [6, 6.07) is -1.06. The average molecular weight is 262 g/mol. The van der Waals surface area contributed by atoms with Gasteiger partial charge in [-0.2, -0.15) is 12.6 Å². The molecule has 16 heavy (non-hydrogen) atoms. The SMILES string of the molecule is COC(=O)[C@H](CS)NC(=O)[C@@H]1CCC(=S)N1. The van der Waals surface area contributed by atoms with Crippen molar-refractivity contribution in [2.75, 3.05) is 12.9 Å². The van der Waals surface area contributed by atoms with E-state index in [1.54, 1.807) is 0 Å². The van der Waals surface area contributed by atoms with Gasteiger partial charge in [-0.1, -0.05) is 12.2 Å². The molecule has 0 saturated carbocycles. The molecule has 0 aliphatic carbocycles. The summed E-state index contributed by atoms with van der Waals surface area (Å²) in [5.74, 6) is -0.538. The molecule has 0 radical (unpaired) electrons. The Morgan fingerprint density at radius 2 is 2.44 bits per heavy atom. The molecule has 0 bridgehead atoms. The molecule has 1 saturated heterocycles. The van der Waals surface area contributed by atoms with Gasteiger partial charge < -0.3 is 15.4 Å². The van der Waals surface area contributed by atoms with E-state index in [1.165, 1.54) is 7.11 Å². The van der Waals surface area contributed by atoms with Gasteiger partial charge in [-0.15, -0.1) is 0 Å². The number of thiocarbonyl (C=S) groups is 1. The fraction of sp³-hybridized carbons (Fsp3) is 0.667. The topological polar surface area (TPSA) is 67.4 Å². The first kappa shape index (κ1) is 13.2. The second kappa shape index (κ2) is 6.05. The zero-order valence-corrected chi connectivity index (χ0v) is 10.6. The summed E-state index contributed by atoms with van der Waals surface area (Å²) in [5, 5.41) is 5.45. The standard InChI is InChI=1S/C9H14N2O3S2/c1-14-9(13)6(4-15)11-8(12)5-2-3-7(16)10-5/h5-6,15H,2-4H2,1H3,(H,10,16)(H,11,12)/t5-,6-/m0/s1. The van der Waals surface area contributed by atoms with Crippen LogP contribution >= 0.6 is 24.8 Å². The summed E-state index contributed by atoms with van der Waals surface area (Å²) in [5.41, 5.74) is 0. The molecule has 1 aliphatic rings. The molecule has 5 nitrogen and oxygen atoms in total. The van der Waals surface area contributed by atoms with Crippen LogP contribution in [0.15, 0.2) is 0 Å². The Labute approximate surface area is 105 Å². The smallest absolute Gasteiger partial charge is 0.329 e. The minimum Gasteiger partial charge on any atom is -0.467 e. The molecule has 2 N–H and O–H groups in total. The van der Waals surface area contributed by atoms with Gasteiger partial charge in [0, 0.05) is 12.2 Å². The van der Waals surface area contributed by atoms with Gasteiger partial charge in [0.15, 0.2) is 0 Å². The lowest BCUT2D eigenvalue weighted by Crippen LogP contribution is -2.49. The van der Waals surface area contributed by atoms with Crippen LogP contribution in [0.3, 0.4) is 0 Å². The molecule has 7 heteroatoms. The highest BCUT2D eigenvalue weighted by molar-refractivity contribution is 7.80. The molecule has 0 aromatic heterocycles. The van der Waals surface area contributed by atoms with E-state index in [-0.39, 0.29) is 17.7 Å². The number of carbonyl (C=O) groups excluding carboxylic acids is 2. The lowest BCUT2D eigenvalue weighted by Gasteiger charge is -2.17. The Bertz CT molecular complexity index is 309. The number of methoxy groups -OCH3 is 1. The quantitative estimate of drug-likeness (QED) is 0.367. The van der Waals surface area contributed by atoms with Crippen molar-refractivity contribution in [2.45, 2.75) is 24.9 Å². The number of amides is 1. The molecule has 1 amide bonds. The van der Waals surface area contributed by atoms with Crippen LogP contribution in [0, 0.1) is 0 Å². The third kappa shape index (κ3) is 3.34. The number of ether oxygens (including phenoxy) is 1. The maximum absolute atomic E-state index is 11.7. The fourth-order valence-corrected chi connectivity index (χ4v) is 1.90. The van der Waals surface area contributed by atoms with Crippen LogP contribution in [0.1, 0.15) is 12.8 Å². The second-order valence-corrected chi connectivity index (χ2v) is 4.28. The summed E-state index contributed by atoms with van der Waals surface area (Å²) in [7, 11) is 1.27. The highest BCUT2D eigenvalue weighted by atomic mass is 32.1. The van der Waals surface area contributed by atoms with Crippen LogP contribution in [0.2, 0.25) is 0 Å². The molecule has 1 rings (SSSR count). The van der Waals surface area contributed by atoms with E-state index < -0.39 is 12.0 Å². The molecular weight excluding hydrogens is 248 g/mol. The fourth-order valence-electron chi connectivity index (χ4n) is 1.40. The third-order valence-electron chi connectivity index (χ3n) is 2.30. The zero-order valence-electron chi connectivity index (χ0n) is 8.86. The molecule has 90 valence electrons. The number of rotatable bonds is 4. The van der Waals surface area contributed by atoms with Gasteiger partial charge in [0.1, 0.15) is 12.1 Å². The van der Waals surface area contributed by atoms with Crippen molar-refractivity contribution in [1.29, 1.82) is 0 Å². The van der Waals surface area contributed by atoms with Gasteiger partial charge in [0.2, 0.25) is 5.91 Å². The predicted molar refractivity (Wildman–Crippen MR) is 66.6 cm³/mol. The first-order valence-electron chi connectivity index (χ1n) is 4.87. The van der Waals surface area contributed by atoms with E-state index in [0.29, 0.717) is 17.8 Å². The summed E-state index contributed by atoms with van der Waals surface area (Å²) in [6.07, 6.45) is 1.36. The summed E-state index contributed by atoms with van der Waals surface area (Å²) in [6.45, 7) is 0. The van der Waals surface area contributed by atoms with E-state index in [2.05, 4.69) is 28.0 Å². The van der Waals surface area contributed by atoms with Crippen molar-refractivity contribution >= 4 is 41.7 Å². The maximum atomic E-state index is 11.7. The van der Waals surface area contributed by atoms with Crippen LogP contribution < -0.4 is 10.6 Å². The normalized spacial score (nSPS) is 21.1. The summed E-state index contributed by atoms with van der Waals surface area (Å²) in [4.78, 5) is 23.6. The van der Waals surface area contributed by atoms with Gasteiger partial charge in [-0.25, -0.2) is 4.79 Å². The van der Waals surface area contributed by atoms with E-state index in [9.17, 15) is 9.59 Å². The van der Waals surface area contributed by atoms with Crippen molar-refractivity contribution in [3.63, 3.8) is 0 Å². The molecule has 0 unspecified atom stereocenters. The lowest BCUT2D eigenvalue weighted by atomic mass is 10.2. The van der Waals surface area contributed by atoms with Crippen LogP contribution in [0.5, 0.6) is 0 Å². The summed E-state index contributed by atoms with van der Waals surface area (Å²) >= 11 is 8.92. The monoisotopic (exact) mass is 262 g/mol. The predicted octanol–water partition coefficient (Wildman–Crippen LogP) is -0.347. The minimum atomic E-state index is -0.711. The van der Waals surface area contributed by atoms with Crippen molar-refractivity contribution in [3.8, 4) is 0 Å². The highest BCUT2D eigenvalue weighted by Crippen LogP contribution is 2.08. The minimum absolute atomic E-state index is 0.204. The van der Waals surface area contributed by atoms with Crippen molar-refractivity contribution in [2.24, 2.45) is 0 Å². The van der Waals surface area contributed by atoms with E-state index in [1.807, 2.05) is 0 Å². The Morgan fingerprint density at radius 1 is 1.75 bits per heavy atom. The molecule has 1 fully saturated rings. The number of thiol groups is 1. The number of esters is 1. The van der Waals surface area contributed by atoms with E-state index >= 15 is 0 Å². The second-order valence-electron chi connectivity index (χ2n) is 3.43. The Hall–Kier alpha value is -0.820. The zero-order chi connectivity index (χ0) is 12.1. The molecule has 1 heterocycles. The van der Waals surface area contributed by atoms with Crippen LogP contribution in [-0.2, 0) is 14.3 Å². The molecule has 1 aliphatic heterocycles. The number of hydrogen-bond donors (Lipinski definition) is 3. The third-order valence-corrected chi connectivity index (χ3v) is 2.98. The first-order chi connectivity index (χ1) is 7.58. The molecule has 0 aromatic carbocycles. The maximum Gasteiger partial charge on any atom is 0.329 e. The lowest BCUT2D eigenvalue weighted by molar-refractivity contribution is -0.144. The van der Waals surface area contributed by atoms with Gasteiger partial charge in [-0.3, -0.25) is 4.79 Å². The van der Waals surface area contributed by atoms with E-state index in [0.717, 1.165) is 0 Å². The molecule has 0 spiro atoms. The molecular formula is C9H14N2O3S2. The van der Waals surface area contributed by atoms with Gasteiger partial charge >= 0.3 is 5.97 Å². The van der Waals surface area contributed by atoms with Gasteiger partial charge in [0.25, 0.3) is 0 Å².